The minimum absolute atomic E-state index is 0.00621. The molecule has 0 aliphatic carbocycles. The lowest BCUT2D eigenvalue weighted by molar-refractivity contribution is 0.0982. The number of alkyl carbamates (subject to hydrolysis) is 1. The predicted molar refractivity (Wildman–Crippen MR) is 209 cm³/mol. The van der Waals surface area contributed by atoms with E-state index >= 15 is 0 Å². The number of nitrogens with zero attached hydrogens (tertiary/aromatic N) is 3. The van der Waals surface area contributed by atoms with Gasteiger partial charge < -0.3 is 25.3 Å². The number of fused-ring (bicyclic) bond motifs is 3. The molecule has 0 fully saturated rings. The minimum Gasteiger partial charge on any atom is -0.445 e. The Balaban J connectivity index is 0.000000182. The van der Waals surface area contributed by atoms with Crippen LogP contribution in [0.2, 0.25) is 0 Å². The molecule has 0 spiro atoms. The molecule has 6 aromatic rings. The van der Waals surface area contributed by atoms with Crippen molar-refractivity contribution in [2.45, 2.75) is 52.4 Å². The van der Waals surface area contributed by atoms with Crippen LogP contribution in [0.3, 0.4) is 0 Å². The Bertz CT molecular complexity index is 2180. The van der Waals surface area contributed by atoms with Crippen LogP contribution in [0, 0.1) is 0 Å². The summed E-state index contributed by atoms with van der Waals surface area (Å²) in [6, 6.07) is 34.9. The zero-order valence-electron chi connectivity index (χ0n) is 30.3. The molecule has 1 aliphatic rings. The smallest absolute Gasteiger partial charge is 0.407 e. The molecule has 7 rings (SSSR count). The van der Waals surface area contributed by atoms with Gasteiger partial charge in [0.05, 0.1) is 0 Å². The fourth-order valence-electron chi connectivity index (χ4n) is 6.54. The van der Waals surface area contributed by atoms with Crippen LogP contribution in [-0.4, -0.2) is 45.7 Å². The van der Waals surface area contributed by atoms with Crippen molar-refractivity contribution < 1.29 is 19.1 Å². The van der Waals surface area contributed by atoms with Gasteiger partial charge in [-0.25, -0.2) is 4.79 Å². The van der Waals surface area contributed by atoms with Crippen molar-refractivity contribution in [3.8, 4) is 0 Å². The van der Waals surface area contributed by atoms with Gasteiger partial charge in [0.15, 0.2) is 11.6 Å². The second-order valence-corrected chi connectivity index (χ2v) is 13.3. The van der Waals surface area contributed by atoms with Crippen LogP contribution in [0.4, 0.5) is 10.5 Å². The lowest BCUT2D eigenvalue weighted by Gasteiger charge is -2.24. The number of hydrogen-bond acceptors (Lipinski definition) is 7. The lowest BCUT2D eigenvalue weighted by Crippen LogP contribution is -2.27. The maximum atomic E-state index is 12.4. The second-order valence-electron chi connectivity index (χ2n) is 13.3. The van der Waals surface area contributed by atoms with Crippen molar-refractivity contribution in [2.75, 3.05) is 19.3 Å². The highest BCUT2D eigenvalue weighted by atomic mass is 16.5. The Hall–Kier alpha value is -6.06. The molecular formula is C44H45N5O4. The topological polar surface area (TPSA) is 120 Å². The number of Topliss-reactive ketones (excluding diaryl/α,β-unsaturated/α-hetero) is 2. The van der Waals surface area contributed by atoms with Crippen molar-refractivity contribution in [2.24, 2.45) is 0 Å². The Kier molecular flexibility index (Phi) is 12.1. The summed E-state index contributed by atoms with van der Waals surface area (Å²) in [5.74, 6) is 0.201. The first-order chi connectivity index (χ1) is 25.8. The molecule has 9 nitrogen and oxygen atoms in total. The van der Waals surface area contributed by atoms with E-state index in [1.165, 1.54) is 27.7 Å². The highest BCUT2D eigenvalue weighted by Gasteiger charge is 2.22. The van der Waals surface area contributed by atoms with Crippen molar-refractivity contribution >= 4 is 34.3 Å². The minimum atomic E-state index is -0.511. The SMILES string of the molecule is CCC(=O)c1ccc(Cn2c3c(c4ccccc42)CN(C)CC3)cc1.Nc1ccccc1CC(=O)c1ccc(CNC(=O)OCc2cccnc2)cc1. The van der Waals surface area contributed by atoms with E-state index in [2.05, 4.69) is 63.2 Å². The number of carbonyl (C=O) groups is 3. The average molecular weight is 708 g/mol. The quantitative estimate of drug-likeness (QED) is 0.104. The monoisotopic (exact) mass is 707 g/mol. The number of amides is 1. The number of aromatic nitrogens is 2. The number of nitrogen functional groups attached to an aromatic ring is 1. The van der Waals surface area contributed by atoms with E-state index in [4.69, 9.17) is 10.5 Å². The number of likely N-dealkylation sites (N-methyl/N-ethyl adjacent to an activating group) is 1. The van der Waals surface area contributed by atoms with Crippen molar-refractivity contribution in [3.05, 3.63) is 166 Å². The Morgan fingerprint density at radius 3 is 2.23 bits per heavy atom. The van der Waals surface area contributed by atoms with Crippen LogP contribution >= 0.6 is 0 Å². The summed E-state index contributed by atoms with van der Waals surface area (Å²) in [5.41, 5.74) is 15.9. The highest BCUT2D eigenvalue weighted by molar-refractivity contribution is 5.98. The van der Waals surface area contributed by atoms with Gasteiger partial charge in [-0.1, -0.05) is 97.9 Å². The van der Waals surface area contributed by atoms with Crippen LogP contribution in [0.1, 0.15) is 67.6 Å². The molecule has 9 heteroatoms. The number of rotatable bonds is 11. The summed E-state index contributed by atoms with van der Waals surface area (Å²) in [6.45, 7) is 5.37. The second kappa shape index (κ2) is 17.4. The van der Waals surface area contributed by atoms with Gasteiger partial charge in [-0.05, 0) is 47.5 Å². The van der Waals surface area contributed by atoms with Crippen LogP contribution in [-0.2, 0) is 43.8 Å². The van der Waals surface area contributed by atoms with Crippen LogP contribution in [0.5, 0.6) is 0 Å². The zero-order chi connectivity index (χ0) is 37.2. The summed E-state index contributed by atoms with van der Waals surface area (Å²) in [7, 11) is 2.19. The van der Waals surface area contributed by atoms with E-state index in [9.17, 15) is 14.4 Å². The summed E-state index contributed by atoms with van der Waals surface area (Å²) in [4.78, 5) is 42.4. The maximum Gasteiger partial charge on any atom is 0.407 e. The molecule has 2 aromatic heterocycles. The normalized spacial score (nSPS) is 12.3. The third-order valence-electron chi connectivity index (χ3n) is 9.50. The molecule has 0 bridgehead atoms. The van der Waals surface area contributed by atoms with Gasteiger partial charge in [-0.15, -0.1) is 0 Å². The fourth-order valence-corrected chi connectivity index (χ4v) is 6.54. The first-order valence-corrected chi connectivity index (χ1v) is 17.9. The zero-order valence-corrected chi connectivity index (χ0v) is 30.3. The van der Waals surface area contributed by atoms with Gasteiger partial charge >= 0.3 is 6.09 Å². The van der Waals surface area contributed by atoms with Gasteiger partial charge in [-0.2, -0.15) is 0 Å². The van der Waals surface area contributed by atoms with E-state index < -0.39 is 6.09 Å². The number of para-hydroxylation sites is 2. The number of nitrogens with two attached hydrogens (primary N) is 1. The molecule has 4 aromatic carbocycles. The molecule has 0 saturated heterocycles. The van der Waals surface area contributed by atoms with Crippen LogP contribution in [0.25, 0.3) is 10.9 Å². The molecule has 0 atom stereocenters. The number of pyridine rings is 1. The van der Waals surface area contributed by atoms with Crippen LogP contribution < -0.4 is 11.1 Å². The fraction of sp³-hybridized carbons (Fsp3) is 0.227. The number of anilines is 1. The number of ketones is 2. The highest BCUT2D eigenvalue weighted by Crippen LogP contribution is 2.31. The first-order valence-electron chi connectivity index (χ1n) is 17.9. The van der Waals surface area contributed by atoms with E-state index in [1.807, 2.05) is 55.5 Å². The summed E-state index contributed by atoms with van der Waals surface area (Å²) in [5, 5.41) is 4.06. The molecule has 0 unspecified atom stereocenters. The predicted octanol–water partition coefficient (Wildman–Crippen LogP) is 7.79. The van der Waals surface area contributed by atoms with Crippen molar-refractivity contribution in [1.29, 1.82) is 0 Å². The molecule has 1 aliphatic heterocycles. The van der Waals surface area contributed by atoms with E-state index in [0.29, 0.717) is 24.2 Å². The van der Waals surface area contributed by atoms with Crippen molar-refractivity contribution in [3.63, 3.8) is 0 Å². The molecular weight excluding hydrogens is 663 g/mol. The lowest BCUT2D eigenvalue weighted by atomic mass is 10.0. The standard InChI is InChI=1S/C22H21N3O3.C22H24N2O/c23-20-6-2-1-5-19(20)12-21(26)18-9-7-16(8-10-18)14-25-22(27)28-15-17-4-3-11-24-13-17;1-3-22(25)17-10-8-16(9-11-17)14-24-20-7-5-4-6-18(20)19-15-23(2)13-12-21(19)24/h1-11,13H,12,14-15,23H2,(H,25,27);4-11H,3,12-15H2,1-2H3. The van der Waals surface area contributed by atoms with Gasteiger partial charge in [-0.3, -0.25) is 14.6 Å². The van der Waals surface area contributed by atoms with E-state index in [1.54, 1.807) is 36.7 Å². The van der Waals surface area contributed by atoms with E-state index in [0.717, 1.165) is 48.3 Å². The summed E-state index contributed by atoms with van der Waals surface area (Å²) in [6.07, 6.45) is 4.70. The third kappa shape index (κ3) is 9.44. The van der Waals surface area contributed by atoms with Gasteiger partial charge in [0.1, 0.15) is 6.61 Å². The number of ether oxygens (including phenoxy) is 1. The number of hydrogen-bond donors (Lipinski definition) is 2. The molecule has 1 amide bonds. The average Bonchev–Trinajstić information content (AvgIpc) is 3.50. The number of nitrogens with one attached hydrogen (secondary N) is 1. The summed E-state index contributed by atoms with van der Waals surface area (Å²) < 4.78 is 7.60. The Morgan fingerprint density at radius 2 is 1.51 bits per heavy atom. The molecule has 53 heavy (non-hydrogen) atoms. The molecule has 270 valence electrons. The largest absolute Gasteiger partial charge is 0.445 e. The van der Waals surface area contributed by atoms with E-state index in [-0.39, 0.29) is 24.6 Å². The number of carbonyl (C=O) groups excluding carboxylic acids is 3. The maximum absolute atomic E-state index is 12.4. The van der Waals surface area contributed by atoms with Gasteiger partial charge in [0.25, 0.3) is 0 Å². The Morgan fingerprint density at radius 1 is 0.811 bits per heavy atom. The molecule has 0 saturated carbocycles. The van der Waals surface area contributed by atoms with Gasteiger partial charge in [0.2, 0.25) is 0 Å². The summed E-state index contributed by atoms with van der Waals surface area (Å²) >= 11 is 0. The Labute approximate surface area is 310 Å². The number of benzene rings is 4. The van der Waals surface area contributed by atoms with Gasteiger partial charge in [0, 0.05) is 96.8 Å². The molecule has 3 N–H and O–H groups in total. The van der Waals surface area contributed by atoms with Crippen molar-refractivity contribution in [1.82, 2.24) is 19.8 Å². The van der Waals surface area contributed by atoms with Crippen LogP contribution in [0.15, 0.2) is 122 Å². The first kappa shape index (κ1) is 36.7. The molecule has 3 heterocycles. The third-order valence-corrected chi connectivity index (χ3v) is 9.50. The molecule has 0 radical (unpaired) electrons.